The maximum absolute atomic E-state index is 12.4. The molecule has 0 aliphatic heterocycles. The highest BCUT2D eigenvalue weighted by Gasteiger charge is 2.28. The topological polar surface area (TPSA) is 75.7 Å². The Labute approximate surface area is 161 Å². The van der Waals surface area contributed by atoms with Gasteiger partial charge in [0.25, 0.3) is 0 Å². The minimum absolute atomic E-state index is 0.307. The fourth-order valence-electron chi connectivity index (χ4n) is 2.66. The van der Waals surface area contributed by atoms with Gasteiger partial charge in [0.05, 0.1) is 25.2 Å². The quantitative estimate of drug-likeness (QED) is 0.668. The van der Waals surface area contributed by atoms with Gasteiger partial charge < -0.3 is 10.1 Å². The molecule has 2 rings (SSSR count). The van der Waals surface area contributed by atoms with Crippen LogP contribution in [0.2, 0.25) is 0 Å². The van der Waals surface area contributed by atoms with Crippen LogP contribution in [0.1, 0.15) is 18.1 Å². The van der Waals surface area contributed by atoms with E-state index in [1.807, 2.05) is 49.4 Å². The summed E-state index contributed by atoms with van der Waals surface area (Å²) in [4.78, 5) is 12.4. The first-order valence-corrected chi connectivity index (χ1v) is 10.6. The minimum atomic E-state index is -3.61. The summed E-state index contributed by atoms with van der Waals surface area (Å²) in [5.74, 6) is -0.371. The van der Waals surface area contributed by atoms with Gasteiger partial charge in [-0.2, -0.15) is 0 Å². The van der Waals surface area contributed by atoms with Crippen LogP contribution in [-0.2, 0) is 26.2 Å². The van der Waals surface area contributed by atoms with Crippen LogP contribution in [0.4, 0.5) is 5.69 Å². The molecule has 0 aromatic heterocycles. The number of amides is 1. The van der Waals surface area contributed by atoms with Crippen molar-refractivity contribution in [3.63, 3.8) is 0 Å². The number of aryl methyl sites for hydroxylation is 1. The average molecular weight is 391 g/mol. The van der Waals surface area contributed by atoms with Crippen molar-refractivity contribution in [3.05, 3.63) is 65.7 Å². The van der Waals surface area contributed by atoms with Crippen LogP contribution >= 0.6 is 0 Å². The largest absolute Gasteiger partial charge is 0.375 e. The molecule has 0 heterocycles. The fourth-order valence-corrected chi connectivity index (χ4v) is 3.83. The summed E-state index contributed by atoms with van der Waals surface area (Å²) in [7, 11) is -3.61. The molecule has 146 valence electrons. The van der Waals surface area contributed by atoms with E-state index in [9.17, 15) is 13.2 Å². The first-order valence-electron chi connectivity index (χ1n) is 8.74. The van der Waals surface area contributed by atoms with Crippen molar-refractivity contribution in [2.75, 3.05) is 23.7 Å². The van der Waals surface area contributed by atoms with Crippen molar-refractivity contribution < 1.29 is 17.9 Å². The molecule has 2 aromatic carbocycles. The Kier molecular flexibility index (Phi) is 7.38. The van der Waals surface area contributed by atoms with Crippen LogP contribution in [0.3, 0.4) is 0 Å². The molecule has 6 nitrogen and oxygen atoms in total. The van der Waals surface area contributed by atoms with Gasteiger partial charge in [0, 0.05) is 6.54 Å². The number of hydrogen-bond acceptors (Lipinski definition) is 4. The average Bonchev–Trinajstić information content (AvgIpc) is 2.62. The Morgan fingerprint density at radius 3 is 2.33 bits per heavy atom. The highest BCUT2D eigenvalue weighted by Crippen LogP contribution is 2.21. The summed E-state index contributed by atoms with van der Waals surface area (Å²) in [6.45, 7) is 4.60. The van der Waals surface area contributed by atoms with Gasteiger partial charge in [-0.05, 0) is 31.5 Å². The number of carbonyl (C=O) groups excluding carboxylic acids is 1. The Hall–Kier alpha value is -2.38. The summed E-state index contributed by atoms with van der Waals surface area (Å²) in [6.07, 6.45) is 1.10. The Bertz CT molecular complexity index is 836. The second-order valence-electron chi connectivity index (χ2n) is 6.40. The van der Waals surface area contributed by atoms with Crippen molar-refractivity contribution >= 4 is 21.6 Å². The molecule has 7 heteroatoms. The van der Waals surface area contributed by atoms with Crippen LogP contribution in [0.25, 0.3) is 0 Å². The number of sulfonamides is 1. The summed E-state index contributed by atoms with van der Waals surface area (Å²) in [5.41, 5.74) is 2.53. The summed E-state index contributed by atoms with van der Waals surface area (Å²) in [6, 6.07) is 15.9. The maximum Gasteiger partial charge on any atom is 0.243 e. The maximum atomic E-state index is 12.4. The lowest BCUT2D eigenvalue weighted by Crippen LogP contribution is -2.48. The number of ether oxygens (including phenoxy) is 1. The number of rotatable bonds is 9. The van der Waals surface area contributed by atoms with Crippen LogP contribution in [-0.4, -0.2) is 39.8 Å². The molecule has 0 spiro atoms. The summed E-state index contributed by atoms with van der Waals surface area (Å²) < 4.78 is 31.1. The van der Waals surface area contributed by atoms with E-state index >= 15 is 0 Å². The van der Waals surface area contributed by atoms with Crippen LogP contribution in [0.5, 0.6) is 0 Å². The highest BCUT2D eigenvalue weighted by atomic mass is 32.2. The van der Waals surface area contributed by atoms with Gasteiger partial charge in [-0.15, -0.1) is 0 Å². The van der Waals surface area contributed by atoms with E-state index in [4.69, 9.17) is 4.74 Å². The zero-order chi connectivity index (χ0) is 19.9. The number of carbonyl (C=O) groups is 1. The lowest BCUT2D eigenvalue weighted by atomic mass is 10.2. The molecule has 1 N–H and O–H groups in total. The van der Waals surface area contributed by atoms with Crippen LogP contribution < -0.4 is 9.62 Å². The molecule has 0 radical (unpaired) electrons. The second kappa shape index (κ2) is 9.53. The van der Waals surface area contributed by atoms with Gasteiger partial charge in [0.2, 0.25) is 15.9 Å². The van der Waals surface area contributed by atoms with E-state index in [1.165, 1.54) is 0 Å². The molecule has 0 bridgehead atoms. The normalized spacial score (nSPS) is 12.4. The molecule has 0 aliphatic carbocycles. The smallest absolute Gasteiger partial charge is 0.243 e. The van der Waals surface area contributed by atoms with Gasteiger partial charge in [-0.1, -0.05) is 48.0 Å². The van der Waals surface area contributed by atoms with Gasteiger partial charge >= 0.3 is 0 Å². The Morgan fingerprint density at radius 1 is 1.11 bits per heavy atom. The lowest BCUT2D eigenvalue weighted by molar-refractivity contribution is -0.122. The van der Waals surface area contributed by atoms with Crippen molar-refractivity contribution in [2.45, 2.75) is 26.5 Å². The second-order valence-corrected chi connectivity index (χ2v) is 8.26. The van der Waals surface area contributed by atoms with E-state index in [1.54, 1.807) is 19.1 Å². The monoisotopic (exact) mass is 390 g/mol. The number of anilines is 1. The van der Waals surface area contributed by atoms with E-state index in [0.717, 1.165) is 21.7 Å². The fraction of sp³-hybridized carbons (Fsp3) is 0.350. The number of nitrogens with zero attached hydrogens (tertiary/aromatic N) is 1. The molecule has 0 saturated heterocycles. The molecule has 0 unspecified atom stereocenters. The summed E-state index contributed by atoms with van der Waals surface area (Å²) in [5, 5.41) is 2.73. The Morgan fingerprint density at radius 2 is 1.74 bits per heavy atom. The molecule has 1 amide bonds. The number of benzene rings is 2. The molecule has 0 aliphatic rings. The molecule has 1 atom stereocenters. The van der Waals surface area contributed by atoms with Crippen molar-refractivity contribution in [2.24, 2.45) is 0 Å². The molecule has 0 saturated carbocycles. The molecular formula is C20H26N2O4S. The lowest BCUT2D eigenvalue weighted by Gasteiger charge is -2.28. The third-order valence-corrected chi connectivity index (χ3v) is 5.28. The molecule has 27 heavy (non-hydrogen) atoms. The van der Waals surface area contributed by atoms with Crippen LogP contribution in [0.15, 0.2) is 54.6 Å². The van der Waals surface area contributed by atoms with E-state index in [2.05, 4.69) is 5.32 Å². The first kappa shape index (κ1) is 20.9. The highest BCUT2D eigenvalue weighted by molar-refractivity contribution is 7.92. The predicted molar refractivity (Wildman–Crippen MR) is 107 cm³/mol. The van der Waals surface area contributed by atoms with E-state index in [0.29, 0.717) is 25.4 Å². The SMILES string of the molecule is Cc1ccc(N([C@H](C)C(=O)NCCOCc2ccccc2)S(C)(=O)=O)cc1. The standard InChI is InChI=1S/C20H26N2O4S/c1-16-9-11-19(12-10-16)22(27(3,24)25)17(2)20(23)21-13-14-26-15-18-7-5-4-6-8-18/h4-12,17H,13-15H2,1-3H3,(H,21,23)/t17-/m1/s1. The third-order valence-electron chi connectivity index (χ3n) is 4.03. The Balaban J connectivity index is 1.90. The van der Waals surface area contributed by atoms with Gasteiger partial charge in [0.1, 0.15) is 6.04 Å². The minimum Gasteiger partial charge on any atom is -0.375 e. The van der Waals surface area contributed by atoms with Gasteiger partial charge in [0.15, 0.2) is 0 Å². The molecule has 0 fully saturated rings. The van der Waals surface area contributed by atoms with Crippen molar-refractivity contribution in [3.8, 4) is 0 Å². The zero-order valence-corrected chi connectivity index (χ0v) is 16.7. The number of hydrogen-bond donors (Lipinski definition) is 1. The summed E-state index contributed by atoms with van der Waals surface area (Å²) >= 11 is 0. The predicted octanol–water partition coefficient (Wildman–Crippen LogP) is 2.48. The van der Waals surface area contributed by atoms with Crippen LogP contribution in [0, 0.1) is 6.92 Å². The molecular weight excluding hydrogens is 364 g/mol. The zero-order valence-electron chi connectivity index (χ0n) is 15.9. The van der Waals surface area contributed by atoms with E-state index in [-0.39, 0.29) is 5.91 Å². The number of nitrogens with one attached hydrogen (secondary N) is 1. The molecule has 2 aromatic rings. The van der Waals surface area contributed by atoms with E-state index < -0.39 is 16.1 Å². The third kappa shape index (κ3) is 6.37. The first-order chi connectivity index (χ1) is 12.8. The van der Waals surface area contributed by atoms with Crippen molar-refractivity contribution in [1.29, 1.82) is 0 Å². The van der Waals surface area contributed by atoms with Gasteiger partial charge in [-0.25, -0.2) is 8.42 Å². The van der Waals surface area contributed by atoms with Gasteiger partial charge in [-0.3, -0.25) is 9.10 Å². The van der Waals surface area contributed by atoms with Crippen molar-refractivity contribution in [1.82, 2.24) is 5.32 Å².